The van der Waals surface area contributed by atoms with Crippen molar-refractivity contribution in [2.24, 2.45) is 5.41 Å². The first-order chi connectivity index (χ1) is 9.06. The van der Waals surface area contributed by atoms with E-state index in [2.05, 4.69) is 24.0 Å². The number of hydrogen-bond acceptors (Lipinski definition) is 4. The molecule has 0 amide bonds. The molecule has 0 radical (unpaired) electrons. The van der Waals surface area contributed by atoms with Crippen LogP contribution in [0.25, 0.3) is 11.4 Å². The predicted molar refractivity (Wildman–Crippen MR) is 74.5 cm³/mol. The zero-order valence-electron chi connectivity index (χ0n) is 11.4. The Morgan fingerprint density at radius 1 is 1.26 bits per heavy atom. The molecule has 100 valence electrons. The highest BCUT2D eigenvalue weighted by Gasteiger charge is 2.39. The second-order valence-electron chi connectivity index (χ2n) is 6.01. The Hall–Kier alpha value is -1.84. The number of nitrogen functional groups attached to an aromatic ring is 1. The SMILES string of the molecule is CC1(C)CCCC1c1nc(-c2ccc(N)cc2)no1. The van der Waals surface area contributed by atoms with Gasteiger partial charge in [-0.05, 0) is 42.5 Å². The summed E-state index contributed by atoms with van der Waals surface area (Å²) in [6.45, 7) is 4.55. The van der Waals surface area contributed by atoms with Gasteiger partial charge in [0.25, 0.3) is 0 Å². The zero-order chi connectivity index (χ0) is 13.5. The quantitative estimate of drug-likeness (QED) is 0.835. The molecular weight excluding hydrogens is 238 g/mol. The lowest BCUT2D eigenvalue weighted by molar-refractivity contribution is 0.261. The molecule has 19 heavy (non-hydrogen) atoms. The van der Waals surface area contributed by atoms with Crippen molar-refractivity contribution in [1.82, 2.24) is 10.1 Å². The van der Waals surface area contributed by atoms with Crippen molar-refractivity contribution in [2.45, 2.75) is 39.0 Å². The second kappa shape index (κ2) is 4.37. The minimum Gasteiger partial charge on any atom is -0.399 e. The third-order valence-electron chi connectivity index (χ3n) is 4.17. The van der Waals surface area contributed by atoms with E-state index in [-0.39, 0.29) is 5.41 Å². The lowest BCUT2D eigenvalue weighted by Gasteiger charge is -2.23. The van der Waals surface area contributed by atoms with E-state index >= 15 is 0 Å². The Kier molecular flexibility index (Phi) is 2.81. The maximum absolute atomic E-state index is 5.68. The maximum atomic E-state index is 5.68. The van der Waals surface area contributed by atoms with Crippen LogP contribution in [-0.4, -0.2) is 10.1 Å². The molecule has 1 aromatic carbocycles. The molecule has 1 fully saturated rings. The Morgan fingerprint density at radius 2 is 2.00 bits per heavy atom. The van der Waals surface area contributed by atoms with Crippen molar-refractivity contribution in [3.8, 4) is 11.4 Å². The minimum absolute atomic E-state index is 0.255. The Morgan fingerprint density at radius 3 is 2.63 bits per heavy atom. The molecule has 1 aliphatic rings. The fourth-order valence-electron chi connectivity index (χ4n) is 2.91. The summed E-state index contributed by atoms with van der Waals surface area (Å²) < 4.78 is 5.48. The molecule has 1 aliphatic carbocycles. The number of anilines is 1. The third kappa shape index (κ3) is 2.23. The van der Waals surface area contributed by atoms with Gasteiger partial charge in [-0.15, -0.1) is 0 Å². The van der Waals surface area contributed by atoms with Crippen LogP contribution in [0.5, 0.6) is 0 Å². The zero-order valence-corrected chi connectivity index (χ0v) is 11.4. The van der Waals surface area contributed by atoms with Gasteiger partial charge >= 0.3 is 0 Å². The number of nitrogens with two attached hydrogens (primary N) is 1. The lowest BCUT2D eigenvalue weighted by Crippen LogP contribution is -2.15. The predicted octanol–water partition coefficient (Wildman–Crippen LogP) is 3.61. The molecule has 1 aromatic heterocycles. The van der Waals surface area contributed by atoms with Gasteiger partial charge < -0.3 is 10.3 Å². The topological polar surface area (TPSA) is 64.9 Å². The second-order valence-corrected chi connectivity index (χ2v) is 6.01. The number of nitrogens with zero attached hydrogens (tertiary/aromatic N) is 2. The van der Waals surface area contributed by atoms with Gasteiger partial charge in [-0.2, -0.15) is 4.98 Å². The summed E-state index contributed by atoms with van der Waals surface area (Å²) in [5.41, 5.74) is 7.62. The van der Waals surface area contributed by atoms with Crippen LogP contribution < -0.4 is 5.73 Å². The number of hydrogen-bond donors (Lipinski definition) is 1. The minimum atomic E-state index is 0.255. The molecule has 2 N–H and O–H groups in total. The van der Waals surface area contributed by atoms with E-state index < -0.39 is 0 Å². The summed E-state index contributed by atoms with van der Waals surface area (Å²) in [4.78, 5) is 4.57. The van der Waals surface area contributed by atoms with E-state index in [9.17, 15) is 0 Å². The Labute approximate surface area is 113 Å². The first-order valence-corrected chi connectivity index (χ1v) is 6.76. The van der Waals surface area contributed by atoms with Crippen LogP contribution in [0.2, 0.25) is 0 Å². The van der Waals surface area contributed by atoms with E-state index in [0.29, 0.717) is 11.7 Å². The highest BCUT2D eigenvalue weighted by Crippen LogP contribution is 2.48. The van der Waals surface area contributed by atoms with Crippen molar-refractivity contribution < 1.29 is 4.52 Å². The van der Waals surface area contributed by atoms with E-state index in [1.54, 1.807) is 0 Å². The highest BCUT2D eigenvalue weighted by molar-refractivity contribution is 5.58. The average Bonchev–Trinajstić information content (AvgIpc) is 2.96. The molecule has 0 spiro atoms. The first-order valence-electron chi connectivity index (χ1n) is 6.76. The molecule has 2 aromatic rings. The van der Waals surface area contributed by atoms with Gasteiger partial charge in [0.15, 0.2) is 0 Å². The third-order valence-corrected chi connectivity index (χ3v) is 4.17. The molecule has 4 nitrogen and oxygen atoms in total. The molecule has 3 rings (SSSR count). The van der Waals surface area contributed by atoms with Crippen molar-refractivity contribution >= 4 is 5.69 Å². The number of aromatic nitrogens is 2. The van der Waals surface area contributed by atoms with Crippen LogP contribution in [0, 0.1) is 5.41 Å². The normalized spacial score (nSPS) is 21.7. The molecule has 4 heteroatoms. The molecule has 0 aliphatic heterocycles. The highest BCUT2D eigenvalue weighted by atomic mass is 16.5. The molecule has 1 unspecified atom stereocenters. The van der Waals surface area contributed by atoms with Crippen molar-refractivity contribution in [3.63, 3.8) is 0 Å². The van der Waals surface area contributed by atoms with E-state index in [1.165, 1.54) is 12.8 Å². The van der Waals surface area contributed by atoms with Gasteiger partial charge in [0.05, 0.1) is 0 Å². The first kappa shape index (κ1) is 12.2. The molecule has 1 atom stereocenters. The van der Waals surface area contributed by atoms with Crippen molar-refractivity contribution in [2.75, 3.05) is 5.73 Å². The van der Waals surface area contributed by atoms with Gasteiger partial charge in [-0.3, -0.25) is 0 Å². The van der Waals surface area contributed by atoms with Crippen molar-refractivity contribution in [1.29, 1.82) is 0 Å². The summed E-state index contributed by atoms with van der Waals surface area (Å²) >= 11 is 0. The summed E-state index contributed by atoms with van der Waals surface area (Å²) in [5, 5.41) is 4.10. The molecule has 0 bridgehead atoms. The van der Waals surface area contributed by atoms with Crippen molar-refractivity contribution in [3.05, 3.63) is 30.2 Å². The molecule has 1 saturated carbocycles. The van der Waals surface area contributed by atoms with Gasteiger partial charge in [0.2, 0.25) is 11.7 Å². The van der Waals surface area contributed by atoms with Crippen LogP contribution in [0.4, 0.5) is 5.69 Å². The summed E-state index contributed by atoms with van der Waals surface area (Å²) in [6.07, 6.45) is 3.59. The van der Waals surface area contributed by atoms with Gasteiger partial charge in [-0.25, -0.2) is 0 Å². The lowest BCUT2D eigenvalue weighted by atomic mass is 9.82. The summed E-state index contributed by atoms with van der Waals surface area (Å²) in [7, 11) is 0. The molecular formula is C15H19N3O. The van der Waals surface area contributed by atoms with Crippen LogP contribution in [0.15, 0.2) is 28.8 Å². The fraction of sp³-hybridized carbons (Fsp3) is 0.467. The fourth-order valence-corrected chi connectivity index (χ4v) is 2.91. The van der Waals surface area contributed by atoms with Crippen LogP contribution in [0.3, 0.4) is 0 Å². The van der Waals surface area contributed by atoms with Gasteiger partial charge in [0.1, 0.15) is 0 Å². The monoisotopic (exact) mass is 257 g/mol. The average molecular weight is 257 g/mol. The van der Waals surface area contributed by atoms with Gasteiger partial charge in [-0.1, -0.05) is 25.4 Å². The van der Waals surface area contributed by atoms with E-state index in [1.807, 2.05) is 24.3 Å². The summed E-state index contributed by atoms with van der Waals surface area (Å²) in [5.74, 6) is 1.80. The number of rotatable bonds is 2. The molecule has 0 saturated heterocycles. The van der Waals surface area contributed by atoms with Crippen LogP contribution >= 0.6 is 0 Å². The summed E-state index contributed by atoms with van der Waals surface area (Å²) in [6, 6.07) is 7.54. The Bertz CT molecular complexity index is 571. The van der Waals surface area contributed by atoms with E-state index in [4.69, 9.17) is 10.3 Å². The maximum Gasteiger partial charge on any atom is 0.230 e. The van der Waals surface area contributed by atoms with Gasteiger partial charge in [0, 0.05) is 17.2 Å². The van der Waals surface area contributed by atoms with E-state index in [0.717, 1.165) is 23.6 Å². The Balaban J connectivity index is 1.89. The van der Waals surface area contributed by atoms with Crippen LogP contribution in [0.1, 0.15) is 44.9 Å². The number of benzene rings is 1. The molecule has 1 heterocycles. The van der Waals surface area contributed by atoms with Crippen LogP contribution in [-0.2, 0) is 0 Å². The largest absolute Gasteiger partial charge is 0.399 e. The smallest absolute Gasteiger partial charge is 0.230 e. The standard InChI is InChI=1S/C15H19N3O/c1-15(2)9-3-4-12(15)14-17-13(18-19-14)10-5-7-11(16)8-6-10/h5-8,12H,3-4,9,16H2,1-2H3.